The summed E-state index contributed by atoms with van der Waals surface area (Å²) in [6.07, 6.45) is 0. The molecule has 1 amide bonds. The fourth-order valence-electron chi connectivity index (χ4n) is 2.27. The lowest BCUT2D eigenvalue weighted by Crippen LogP contribution is -2.27. The van der Waals surface area contributed by atoms with Gasteiger partial charge in [0.25, 0.3) is 9.84 Å². The fraction of sp³-hybridized carbons (Fsp3) is 0.133. The Labute approximate surface area is 117 Å². The van der Waals surface area contributed by atoms with Crippen LogP contribution in [0.1, 0.15) is 11.1 Å². The molecule has 1 heterocycles. The van der Waals surface area contributed by atoms with Gasteiger partial charge in [-0.3, -0.25) is 9.69 Å². The summed E-state index contributed by atoms with van der Waals surface area (Å²) >= 11 is 0. The van der Waals surface area contributed by atoms with Crippen LogP contribution in [0.4, 0.5) is 10.5 Å². The van der Waals surface area contributed by atoms with Crippen molar-refractivity contribution in [2.24, 2.45) is 0 Å². The van der Waals surface area contributed by atoms with E-state index in [1.807, 2.05) is 31.2 Å². The van der Waals surface area contributed by atoms with Gasteiger partial charge in [0.15, 0.2) is 0 Å². The molecule has 4 nitrogen and oxygen atoms in total. The summed E-state index contributed by atoms with van der Waals surface area (Å²) in [4.78, 5) is 13.5. The first-order chi connectivity index (χ1) is 9.50. The van der Waals surface area contributed by atoms with E-state index in [4.69, 9.17) is 0 Å². The molecule has 0 spiro atoms. The number of amides is 1. The van der Waals surface area contributed by atoms with Crippen molar-refractivity contribution < 1.29 is 13.2 Å². The number of hydrogen-bond acceptors (Lipinski definition) is 3. The first kappa shape index (κ1) is 12.9. The maximum Gasteiger partial charge on any atom is 0.348 e. The van der Waals surface area contributed by atoms with Gasteiger partial charge in [-0.2, -0.15) is 0 Å². The van der Waals surface area contributed by atoms with Crippen molar-refractivity contribution in [3.05, 3.63) is 59.7 Å². The topological polar surface area (TPSA) is 54.5 Å². The first-order valence-electron chi connectivity index (χ1n) is 6.21. The zero-order valence-electron chi connectivity index (χ0n) is 10.9. The van der Waals surface area contributed by atoms with Crippen LogP contribution in [0.2, 0.25) is 0 Å². The molecule has 0 aromatic heterocycles. The van der Waals surface area contributed by atoms with Gasteiger partial charge in [0, 0.05) is 0 Å². The summed E-state index contributed by atoms with van der Waals surface area (Å²) in [6.45, 7) is 2.24. The van der Waals surface area contributed by atoms with Crippen molar-refractivity contribution in [2.45, 2.75) is 18.4 Å². The van der Waals surface area contributed by atoms with E-state index < -0.39 is 15.1 Å². The maximum atomic E-state index is 12.1. The van der Waals surface area contributed by atoms with Crippen LogP contribution < -0.4 is 4.90 Å². The highest BCUT2D eigenvalue weighted by molar-refractivity contribution is 8.07. The Bertz CT molecular complexity index is 779. The Morgan fingerprint density at radius 2 is 1.65 bits per heavy atom. The van der Waals surface area contributed by atoms with Gasteiger partial charge < -0.3 is 0 Å². The lowest BCUT2D eigenvalue weighted by atomic mass is 10.1. The van der Waals surface area contributed by atoms with Crippen LogP contribution in [0.3, 0.4) is 0 Å². The quantitative estimate of drug-likeness (QED) is 0.853. The van der Waals surface area contributed by atoms with Gasteiger partial charge in [0.1, 0.15) is 4.90 Å². The minimum absolute atomic E-state index is 0.0945. The van der Waals surface area contributed by atoms with Crippen molar-refractivity contribution >= 4 is 20.8 Å². The summed E-state index contributed by atoms with van der Waals surface area (Å²) in [5.41, 5.74) is 2.48. The number of nitrogens with zero attached hydrogens (tertiary/aromatic N) is 1. The van der Waals surface area contributed by atoms with Crippen molar-refractivity contribution in [3.63, 3.8) is 0 Å². The number of aryl methyl sites for hydroxylation is 1. The first-order valence-corrected chi connectivity index (χ1v) is 7.69. The van der Waals surface area contributed by atoms with E-state index in [0.29, 0.717) is 5.69 Å². The molecule has 3 rings (SSSR count). The summed E-state index contributed by atoms with van der Waals surface area (Å²) in [7, 11) is -3.87. The molecule has 0 N–H and O–H groups in total. The Kier molecular flexibility index (Phi) is 2.87. The van der Waals surface area contributed by atoms with Gasteiger partial charge in [-0.15, -0.1) is 0 Å². The Hall–Kier alpha value is -2.14. The van der Waals surface area contributed by atoms with Gasteiger partial charge >= 0.3 is 5.24 Å². The standard InChI is InChI=1S/C15H13NO3S/c1-11-6-8-12(9-7-11)10-16-13-4-2-3-5-14(13)20(18,19)15(16)17/h2-9H,10H2,1H3. The highest BCUT2D eigenvalue weighted by atomic mass is 32.2. The third-order valence-corrected chi connectivity index (χ3v) is 4.96. The zero-order chi connectivity index (χ0) is 14.3. The second kappa shape index (κ2) is 4.45. The van der Waals surface area contributed by atoms with E-state index in [1.54, 1.807) is 18.2 Å². The molecule has 0 saturated heterocycles. The Morgan fingerprint density at radius 1 is 1.00 bits per heavy atom. The average molecular weight is 287 g/mol. The van der Waals surface area contributed by atoms with Crippen LogP contribution in [-0.2, 0) is 16.4 Å². The number of anilines is 1. The number of benzene rings is 2. The minimum Gasteiger partial charge on any atom is -0.293 e. The molecule has 5 heteroatoms. The van der Waals surface area contributed by atoms with E-state index in [9.17, 15) is 13.2 Å². The van der Waals surface area contributed by atoms with E-state index in [-0.39, 0.29) is 11.4 Å². The molecule has 20 heavy (non-hydrogen) atoms. The molecule has 0 radical (unpaired) electrons. The molecule has 0 saturated carbocycles. The van der Waals surface area contributed by atoms with Gasteiger partial charge in [0.2, 0.25) is 0 Å². The summed E-state index contributed by atoms with van der Waals surface area (Å²) in [5, 5.41) is -0.848. The zero-order valence-corrected chi connectivity index (χ0v) is 11.7. The second-order valence-corrected chi connectivity index (χ2v) is 6.60. The highest BCUT2D eigenvalue weighted by Gasteiger charge is 2.41. The van der Waals surface area contributed by atoms with Gasteiger partial charge in [-0.05, 0) is 24.6 Å². The number of carbonyl (C=O) groups excluding carboxylic acids is 1. The van der Waals surface area contributed by atoms with Crippen molar-refractivity contribution in [1.82, 2.24) is 0 Å². The summed E-state index contributed by atoms with van der Waals surface area (Å²) in [6, 6.07) is 14.2. The molecule has 1 aliphatic heterocycles. The molecule has 0 bridgehead atoms. The third-order valence-electron chi connectivity index (χ3n) is 3.36. The van der Waals surface area contributed by atoms with Gasteiger partial charge in [-0.25, -0.2) is 8.42 Å². The van der Waals surface area contributed by atoms with Crippen LogP contribution in [0, 0.1) is 6.92 Å². The summed E-state index contributed by atoms with van der Waals surface area (Å²) in [5.74, 6) is 0. The predicted octanol–water partition coefficient (Wildman–Crippen LogP) is 2.91. The van der Waals surface area contributed by atoms with Crippen LogP contribution in [0.15, 0.2) is 53.4 Å². The van der Waals surface area contributed by atoms with Crippen LogP contribution in [0.25, 0.3) is 0 Å². The number of carbonyl (C=O) groups is 1. The number of rotatable bonds is 2. The van der Waals surface area contributed by atoms with Gasteiger partial charge in [-0.1, -0.05) is 42.0 Å². The molecule has 0 unspecified atom stereocenters. The van der Waals surface area contributed by atoms with E-state index in [1.165, 1.54) is 11.0 Å². The van der Waals surface area contributed by atoms with Crippen molar-refractivity contribution in [1.29, 1.82) is 0 Å². The molecule has 2 aromatic rings. The van der Waals surface area contributed by atoms with Gasteiger partial charge in [0.05, 0.1) is 12.2 Å². The van der Waals surface area contributed by atoms with Crippen LogP contribution >= 0.6 is 0 Å². The summed E-state index contributed by atoms with van der Waals surface area (Å²) < 4.78 is 24.1. The number of hydrogen-bond donors (Lipinski definition) is 0. The second-order valence-electron chi connectivity index (χ2n) is 4.81. The lowest BCUT2D eigenvalue weighted by molar-refractivity contribution is 0.263. The largest absolute Gasteiger partial charge is 0.348 e. The van der Waals surface area contributed by atoms with E-state index >= 15 is 0 Å². The number of fused-ring (bicyclic) bond motifs is 1. The Morgan fingerprint density at radius 3 is 2.35 bits per heavy atom. The number of para-hydroxylation sites is 1. The highest BCUT2D eigenvalue weighted by Crippen LogP contribution is 2.36. The number of sulfone groups is 1. The lowest BCUT2D eigenvalue weighted by Gasteiger charge is -2.15. The molecule has 0 fully saturated rings. The maximum absolute atomic E-state index is 12.1. The Balaban J connectivity index is 2.03. The van der Waals surface area contributed by atoms with E-state index in [2.05, 4.69) is 0 Å². The average Bonchev–Trinajstić information content (AvgIpc) is 2.63. The van der Waals surface area contributed by atoms with E-state index in [0.717, 1.165) is 11.1 Å². The van der Waals surface area contributed by atoms with Crippen LogP contribution in [0.5, 0.6) is 0 Å². The molecule has 2 aromatic carbocycles. The van der Waals surface area contributed by atoms with Crippen molar-refractivity contribution in [2.75, 3.05) is 4.90 Å². The molecular formula is C15H13NO3S. The fourth-order valence-corrected chi connectivity index (χ4v) is 3.62. The predicted molar refractivity (Wildman–Crippen MR) is 76.4 cm³/mol. The van der Waals surface area contributed by atoms with Crippen molar-refractivity contribution in [3.8, 4) is 0 Å². The molecule has 102 valence electrons. The minimum atomic E-state index is -3.87. The third kappa shape index (κ3) is 1.91. The SMILES string of the molecule is Cc1ccc(CN2C(=O)S(=O)(=O)c3ccccc32)cc1. The molecular weight excluding hydrogens is 274 g/mol. The smallest absolute Gasteiger partial charge is 0.293 e. The normalized spacial score (nSPS) is 16.2. The molecule has 0 atom stereocenters. The molecule has 1 aliphatic rings. The monoisotopic (exact) mass is 287 g/mol. The molecule has 0 aliphatic carbocycles. The van der Waals surface area contributed by atoms with Crippen LogP contribution in [-0.4, -0.2) is 13.7 Å².